The molecule has 130 valence electrons. The molecule has 1 N–H and O–H groups in total. The quantitative estimate of drug-likeness (QED) is 0.866. The average Bonchev–Trinajstić information content (AvgIpc) is 2.46. The summed E-state index contributed by atoms with van der Waals surface area (Å²) in [6.07, 6.45) is 1.38. The first-order chi connectivity index (χ1) is 11.2. The lowest BCUT2D eigenvalue weighted by molar-refractivity contribution is 0.302. The molecule has 24 heavy (non-hydrogen) atoms. The van der Waals surface area contributed by atoms with Crippen LogP contribution in [0.25, 0.3) is 0 Å². The van der Waals surface area contributed by atoms with E-state index in [9.17, 15) is 8.42 Å². The smallest absolute Gasteiger partial charge is 0.245 e. The largest absolute Gasteiger partial charge is 0.325 e. The third kappa shape index (κ3) is 4.10. The Labute approximate surface area is 144 Å². The second-order valence-corrected chi connectivity index (χ2v) is 8.03. The first kappa shape index (κ1) is 18.4. The van der Waals surface area contributed by atoms with Crippen molar-refractivity contribution in [3.63, 3.8) is 0 Å². The highest BCUT2D eigenvalue weighted by atomic mass is 32.2. The summed E-state index contributed by atoms with van der Waals surface area (Å²) in [7, 11) is -3.57. The van der Waals surface area contributed by atoms with Gasteiger partial charge >= 0.3 is 0 Å². The molecule has 0 unspecified atom stereocenters. The summed E-state index contributed by atoms with van der Waals surface area (Å²) in [5, 5.41) is 3.07. The first-order valence-corrected chi connectivity index (χ1v) is 9.36. The van der Waals surface area contributed by atoms with Crippen LogP contribution in [0.15, 0.2) is 41.4 Å². The molecule has 0 saturated carbocycles. The number of hydrogen-bond donors (Lipinski definition) is 1. The number of aromatic nitrogens is 2. The Kier molecular flexibility index (Phi) is 5.56. The Balaban J connectivity index is 2.25. The summed E-state index contributed by atoms with van der Waals surface area (Å²) < 4.78 is 27.1. The molecule has 0 bridgehead atoms. The number of pyridine rings is 2. The minimum atomic E-state index is -3.57. The molecule has 0 aliphatic heterocycles. The molecule has 6 nitrogen and oxygen atoms in total. The van der Waals surface area contributed by atoms with E-state index in [1.807, 2.05) is 52.8 Å². The summed E-state index contributed by atoms with van der Waals surface area (Å²) in [4.78, 5) is 8.74. The second kappa shape index (κ2) is 7.27. The predicted octanol–water partition coefficient (Wildman–Crippen LogP) is 3.34. The van der Waals surface area contributed by atoms with Crippen molar-refractivity contribution in [1.29, 1.82) is 0 Å². The molecule has 0 amide bonds. The van der Waals surface area contributed by atoms with Gasteiger partial charge in [-0.25, -0.2) is 18.4 Å². The van der Waals surface area contributed by atoms with Crippen LogP contribution in [0.4, 0.5) is 11.6 Å². The Morgan fingerprint density at radius 1 is 1.00 bits per heavy atom. The molecule has 0 spiro atoms. The van der Waals surface area contributed by atoms with E-state index < -0.39 is 10.0 Å². The molecule has 0 aliphatic carbocycles. The molecule has 7 heteroatoms. The van der Waals surface area contributed by atoms with Crippen LogP contribution in [0.3, 0.4) is 0 Å². The van der Waals surface area contributed by atoms with Gasteiger partial charge in [0.2, 0.25) is 10.0 Å². The normalized spacial score (nSPS) is 12.2. The number of sulfonamides is 1. The third-order valence-electron chi connectivity index (χ3n) is 3.47. The Hall–Kier alpha value is -1.99. The van der Waals surface area contributed by atoms with Crippen molar-refractivity contribution in [2.24, 2.45) is 0 Å². The summed E-state index contributed by atoms with van der Waals surface area (Å²) >= 11 is 0. The van der Waals surface area contributed by atoms with Gasteiger partial charge in [0.05, 0.1) is 0 Å². The molecule has 2 aromatic heterocycles. The minimum Gasteiger partial charge on any atom is -0.325 e. The SMILES string of the molecule is Cc1cccc(Nc2ccc(S(=O)(=O)N(C(C)C)C(C)C)cn2)n1. The number of nitrogens with one attached hydrogen (secondary N) is 1. The monoisotopic (exact) mass is 348 g/mol. The Morgan fingerprint density at radius 3 is 2.17 bits per heavy atom. The second-order valence-electron chi connectivity index (χ2n) is 6.19. The van der Waals surface area contributed by atoms with Crippen LogP contribution in [0.5, 0.6) is 0 Å². The van der Waals surface area contributed by atoms with E-state index >= 15 is 0 Å². The molecule has 0 radical (unpaired) electrons. The number of hydrogen-bond acceptors (Lipinski definition) is 5. The van der Waals surface area contributed by atoms with Crippen LogP contribution in [0.1, 0.15) is 33.4 Å². The van der Waals surface area contributed by atoms with Gasteiger partial charge in [0.15, 0.2) is 0 Å². The van der Waals surface area contributed by atoms with Crippen molar-refractivity contribution in [2.75, 3.05) is 5.32 Å². The highest BCUT2D eigenvalue weighted by Gasteiger charge is 2.29. The van der Waals surface area contributed by atoms with Crippen molar-refractivity contribution >= 4 is 21.7 Å². The number of anilines is 2. The molecule has 0 atom stereocenters. The Morgan fingerprint density at radius 2 is 1.67 bits per heavy atom. The molecule has 0 aromatic carbocycles. The molecule has 0 saturated heterocycles. The van der Waals surface area contributed by atoms with Gasteiger partial charge in [-0.3, -0.25) is 0 Å². The lowest BCUT2D eigenvalue weighted by Crippen LogP contribution is -2.41. The van der Waals surface area contributed by atoms with E-state index in [4.69, 9.17) is 0 Å². The maximum Gasteiger partial charge on any atom is 0.245 e. The number of aryl methyl sites for hydroxylation is 1. The van der Waals surface area contributed by atoms with Crippen LogP contribution < -0.4 is 5.32 Å². The molecule has 0 fully saturated rings. The van der Waals surface area contributed by atoms with E-state index in [2.05, 4.69) is 15.3 Å². The fraction of sp³-hybridized carbons (Fsp3) is 0.412. The first-order valence-electron chi connectivity index (χ1n) is 7.92. The zero-order chi connectivity index (χ0) is 17.9. The predicted molar refractivity (Wildman–Crippen MR) is 95.8 cm³/mol. The van der Waals surface area contributed by atoms with Crippen molar-refractivity contribution in [2.45, 2.75) is 51.6 Å². The highest BCUT2D eigenvalue weighted by molar-refractivity contribution is 7.89. The molecule has 2 heterocycles. The molecule has 2 rings (SSSR count). The van der Waals surface area contributed by atoms with Crippen molar-refractivity contribution in [3.8, 4) is 0 Å². The molecule has 0 aliphatic rings. The van der Waals surface area contributed by atoms with Crippen molar-refractivity contribution < 1.29 is 8.42 Å². The zero-order valence-corrected chi connectivity index (χ0v) is 15.5. The topological polar surface area (TPSA) is 75.2 Å². The van der Waals surface area contributed by atoms with Crippen molar-refractivity contribution in [1.82, 2.24) is 14.3 Å². The fourth-order valence-electron chi connectivity index (χ4n) is 2.62. The minimum absolute atomic E-state index is 0.121. The lowest BCUT2D eigenvalue weighted by atomic mass is 10.3. The van der Waals surface area contributed by atoms with Gasteiger partial charge in [-0.15, -0.1) is 0 Å². The third-order valence-corrected chi connectivity index (χ3v) is 5.71. The summed E-state index contributed by atoms with van der Waals surface area (Å²) in [6.45, 7) is 9.37. The average molecular weight is 348 g/mol. The van der Waals surface area contributed by atoms with Crippen LogP contribution in [0.2, 0.25) is 0 Å². The van der Waals surface area contributed by atoms with E-state index in [1.54, 1.807) is 12.1 Å². The van der Waals surface area contributed by atoms with Gasteiger partial charge in [0.1, 0.15) is 16.5 Å². The maximum atomic E-state index is 12.8. The highest BCUT2D eigenvalue weighted by Crippen LogP contribution is 2.22. The Bertz CT molecular complexity index is 778. The van der Waals surface area contributed by atoms with E-state index in [-0.39, 0.29) is 17.0 Å². The standard InChI is InChI=1S/C17H24N4O2S/c1-12(2)21(13(3)4)24(22,23)15-9-10-16(18-11-15)20-17-8-6-7-14(5)19-17/h6-13H,1-5H3,(H,18,19,20). The summed E-state index contributed by atoms with van der Waals surface area (Å²) in [5.41, 5.74) is 0.892. The van der Waals surface area contributed by atoms with Gasteiger partial charge in [0.25, 0.3) is 0 Å². The van der Waals surface area contributed by atoms with Crippen LogP contribution in [-0.4, -0.2) is 34.8 Å². The van der Waals surface area contributed by atoms with E-state index in [0.29, 0.717) is 11.6 Å². The van der Waals surface area contributed by atoms with E-state index in [0.717, 1.165) is 5.69 Å². The molecular formula is C17H24N4O2S. The lowest BCUT2D eigenvalue weighted by Gasteiger charge is -2.29. The summed E-state index contributed by atoms with van der Waals surface area (Å²) in [6, 6.07) is 8.61. The van der Waals surface area contributed by atoms with Crippen molar-refractivity contribution in [3.05, 3.63) is 42.2 Å². The zero-order valence-electron chi connectivity index (χ0n) is 14.7. The van der Waals surface area contributed by atoms with Gasteiger partial charge in [0, 0.05) is 24.0 Å². The van der Waals surface area contributed by atoms with E-state index in [1.165, 1.54) is 10.5 Å². The number of nitrogens with zero attached hydrogens (tertiary/aromatic N) is 3. The van der Waals surface area contributed by atoms with Crippen LogP contribution >= 0.6 is 0 Å². The fourth-order valence-corrected chi connectivity index (χ4v) is 4.40. The van der Waals surface area contributed by atoms with Crippen LogP contribution in [-0.2, 0) is 10.0 Å². The number of rotatable bonds is 6. The van der Waals surface area contributed by atoms with Gasteiger partial charge < -0.3 is 5.32 Å². The molecular weight excluding hydrogens is 324 g/mol. The van der Waals surface area contributed by atoms with Crippen LogP contribution in [0, 0.1) is 6.92 Å². The summed E-state index contributed by atoms with van der Waals surface area (Å²) in [5.74, 6) is 1.22. The van der Waals surface area contributed by atoms with Gasteiger partial charge in [-0.1, -0.05) is 6.07 Å². The van der Waals surface area contributed by atoms with Gasteiger partial charge in [-0.2, -0.15) is 4.31 Å². The molecule has 2 aromatic rings. The maximum absolute atomic E-state index is 12.8. The van der Waals surface area contributed by atoms with Gasteiger partial charge in [-0.05, 0) is 58.9 Å².